The highest BCUT2D eigenvalue weighted by molar-refractivity contribution is 9.08. The van der Waals surface area contributed by atoms with Crippen molar-refractivity contribution in [3.05, 3.63) is 53.6 Å². The summed E-state index contributed by atoms with van der Waals surface area (Å²) < 4.78 is 11.3. The molecule has 2 aromatic carbocycles. The minimum atomic E-state index is 0.655. The number of rotatable bonds is 5. The average molecular weight is 321 g/mol. The summed E-state index contributed by atoms with van der Waals surface area (Å²) in [6.45, 7) is 4.71. The van der Waals surface area contributed by atoms with E-state index in [1.807, 2.05) is 43.3 Å². The van der Waals surface area contributed by atoms with Gasteiger partial charge in [-0.3, -0.25) is 0 Å². The Hall–Kier alpha value is -1.48. The predicted molar refractivity (Wildman–Crippen MR) is 81.5 cm³/mol. The number of halogens is 1. The Morgan fingerprint density at radius 1 is 1.00 bits per heavy atom. The Labute approximate surface area is 122 Å². The zero-order chi connectivity index (χ0) is 13.7. The lowest BCUT2D eigenvalue weighted by Gasteiger charge is -2.10. The number of aryl methyl sites for hydroxylation is 1. The van der Waals surface area contributed by atoms with Crippen LogP contribution in [-0.2, 0) is 5.33 Å². The predicted octanol–water partition coefficient (Wildman–Crippen LogP) is 5.08. The Morgan fingerprint density at radius 2 is 1.74 bits per heavy atom. The van der Waals surface area contributed by atoms with Gasteiger partial charge in [0.2, 0.25) is 0 Å². The van der Waals surface area contributed by atoms with E-state index in [0.29, 0.717) is 6.61 Å². The van der Waals surface area contributed by atoms with Crippen LogP contribution in [0.15, 0.2) is 42.5 Å². The maximum Gasteiger partial charge on any atom is 0.131 e. The van der Waals surface area contributed by atoms with Gasteiger partial charge in [0.05, 0.1) is 6.61 Å². The summed E-state index contributed by atoms with van der Waals surface area (Å²) in [5, 5.41) is 0.860. The molecule has 0 bridgehead atoms. The number of benzene rings is 2. The van der Waals surface area contributed by atoms with E-state index in [0.717, 1.165) is 22.6 Å². The third-order valence-electron chi connectivity index (χ3n) is 2.81. The molecule has 100 valence electrons. The zero-order valence-electron chi connectivity index (χ0n) is 11.2. The number of hydrogen-bond donors (Lipinski definition) is 0. The van der Waals surface area contributed by atoms with Crippen LogP contribution in [0.2, 0.25) is 0 Å². The van der Waals surface area contributed by atoms with Crippen molar-refractivity contribution in [1.29, 1.82) is 0 Å². The Morgan fingerprint density at radius 3 is 2.42 bits per heavy atom. The van der Waals surface area contributed by atoms with E-state index in [1.54, 1.807) is 0 Å². The molecule has 0 aliphatic rings. The quantitative estimate of drug-likeness (QED) is 0.715. The first kappa shape index (κ1) is 13.9. The van der Waals surface area contributed by atoms with Gasteiger partial charge in [-0.25, -0.2) is 0 Å². The maximum atomic E-state index is 5.85. The van der Waals surface area contributed by atoms with Gasteiger partial charge in [0.25, 0.3) is 0 Å². The maximum absolute atomic E-state index is 5.85. The van der Waals surface area contributed by atoms with Gasteiger partial charge in [0.15, 0.2) is 0 Å². The van der Waals surface area contributed by atoms with Crippen molar-refractivity contribution < 1.29 is 9.47 Å². The molecule has 0 heterocycles. The molecule has 0 unspecified atom stereocenters. The van der Waals surface area contributed by atoms with Gasteiger partial charge < -0.3 is 9.47 Å². The molecule has 0 aromatic heterocycles. The van der Waals surface area contributed by atoms with E-state index in [1.165, 1.54) is 11.1 Å². The standard InChI is InChI=1S/C16H17BrO2/c1-3-18-14-5-4-6-15(10-14)19-16-8-7-13(11-17)12(2)9-16/h4-10H,3,11H2,1-2H3. The van der Waals surface area contributed by atoms with Crippen LogP contribution in [0.3, 0.4) is 0 Å². The molecule has 0 radical (unpaired) electrons. The molecule has 0 aliphatic carbocycles. The molecule has 0 N–H and O–H groups in total. The molecular weight excluding hydrogens is 304 g/mol. The number of alkyl halides is 1. The van der Waals surface area contributed by atoms with Gasteiger partial charge in [0.1, 0.15) is 17.2 Å². The summed E-state index contributed by atoms with van der Waals surface area (Å²) in [7, 11) is 0. The fraction of sp³-hybridized carbons (Fsp3) is 0.250. The molecule has 0 aliphatic heterocycles. The SMILES string of the molecule is CCOc1cccc(Oc2ccc(CBr)c(C)c2)c1. The Bertz CT molecular complexity index is 552. The second kappa shape index (κ2) is 6.62. The summed E-state index contributed by atoms with van der Waals surface area (Å²) >= 11 is 3.47. The summed E-state index contributed by atoms with van der Waals surface area (Å²) in [6, 6.07) is 13.8. The van der Waals surface area contributed by atoms with Crippen LogP contribution in [0, 0.1) is 6.92 Å². The lowest BCUT2D eigenvalue weighted by atomic mass is 10.1. The highest BCUT2D eigenvalue weighted by Crippen LogP contribution is 2.27. The molecule has 2 nitrogen and oxygen atoms in total. The molecule has 19 heavy (non-hydrogen) atoms. The molecule has 0 atom stereocenters. The summed E-state index contributed by atoms with van der Waals surface area (Å²) in [4.78, 5) is 0. The minimum Gasteiger partial charge on any atom is -0.494 e. The first-order valence-electron chi connectivity index (χ1n) is 6.29. The molecular formula is C16H17BrO2. The second-order valence-corrected chi connectivity index (χ2v) is 4.79. The highest BCUT2D eigenvalue weighted by Gasteiger charge is 2.02. The van der Waals surface area contributed by atoms with Gasteiger partial charge in [0, 0.05) is 11.4 Å². The topological polar surface area (TPSA) is 18.5 Å². The fourth-order valence-corrected chi connectivity index (χ4v) is 2.44. The first-order valence-corrected chi connectivity index (χ1v) is 7.41. The Kier molecular flexibility index (Phi) is 4.86. The summed E-state index contributed by atoms with van der Waals surface area (Å²) in [5.41, 5.74) is 2.49. The van der Waals surface area contributed by atoms with Crippen LogP contribution in [0.25, 0.3) is 0 Å². The van der Waals surface area contributed by atoms with Crippen molar-refractivity contribution in [2.75, 3.05) is 6.61 Å². The summed E-state index contributed by atoms with van der Waals surface area (Å²) in [5.74, 6) is 2.46. The minimum absolute atomic E-state index is 0.655. The monoisotopic (exact) mass is 320 g/mol. The zero-order valence-corrected chi connectivity index (χ0v) is 12.7. The van der Waals surface area contributed by atoms with E-state index < -0.39 is 0 Å². The molecule has 0 saturated heterocycles. The van der Waals surface area contributed by atoms with E-state index >= 15 is 0 Å². The van der Waals surface area contributed by atoms with Crippen LogP contribution in [-0.4, -0.2) is 6.61 Å². The largest absolute Gasteiger partial charge is 0.494 e. The Balaban J connectivity index is 2.16. The third kappa shape index (κ3) is 3.74. The molecule has 0 amide bonds. The molecule has 0 fully saturated rings. The number of ether oxygens (including phenoxy) is 2. The first-order chi connectivity index (χ1) is 9.22. The highest BCUT2D eigenvalue weighted by atomic mass is 79.9. The normalized spacial score (nSPS) is 10.3. The van der Waals surface area contributed by atoms with Crippen LogP contribution in [0.5, 0.6) is 17.2 Å². The lowest BCUT2D eigenvalue weighted by Crippen LogP contribution is -1.92. The van der Waals surface area contributed by atoms with Crippen molar-refractivity contribution in [3.63, 3.8) is 0 Å². The lowest BCUT2D eigenvalue weighted by molar-refractivity contribution is 0.338. The van der Waals surface area contributed by atoms with Crippen molar-refractivity contribution >= 4 is 15.9 Å². The van der Waals surface area contributed by atoms with Gasteiger partial charge in [-0.1, -0.05) is 28.1 Å². The van der Waals surface area contributed by atoms with Crippen molar-refractivity contribution in [2.45, 2.75) is 19.2 Å². The summed E-state index contributed by atoms with van der Waals surface area (Å²) in [6.07, 6.45) is 0. The van der Waals surface area contributed by atoms with Crippen LogP contribution in [0.4, 0.5) is 0 Å². The number of hydrogen-bond acceptors (Lipinski definition) is 2. The molecule has 2 rings (SSSR count). The molecule has 0 saturated carbocycles. The second-order valence-electron chi connectivity index (χ2n) is 4.23. The van der Waals surface area contributed by atoms with E-state index in [-0.39, 0.29) is 0 Å². The molecule has 3 heteroatoms. The van der Waals surface area contributed by atoms with Crippen LogP contribution in [0.1, 0.15) is 18.1 Å². The third-order valence-corrected chi connectivity index (χ3v) is 3.41. The smallest absolute Gasteiger partial charge is 0.131 e. The fourth-order valence-electron chi connectivity index (χ4n) is 1.81. The van der Waals surface area contributed by atoms with E-state index in [4.69, 9.17) is 9.47 Å². The van der Waals surface area contributed by atoms with Gasteiger partial charge in [-0.05, 0) is 49.2 Å². The van der Waals surface area contributed by atoms with E-state index in [9.17, 15) is 0 Å². The molecule has 0 spiro atoms. The van der Waals surface area contributed by atoms with Crippen molar-refractivity contribution in [2.24, 2.45) is 0 Å². The van der Waals surface area contributed by atoms with Crippen LogP contribution < -0.4 is 9.47 Å². The van der Waals surface area contributed by atoms with Crippen LogP contribution >= 0.6 is 15.9 Å². The molecule has 2 aromatic rings. The van der Waals surface area contributed by atoms with Gasteiger partial charge in [-0.2, -0.15) is 0 Å². The average Bonchev–Trinajstić information content (AvgIpc) is 2.40. The van der Waals surface area contributed by atoms with Crippen molar-refractivity contribution in [1.82, 2.24) is 0 Å². The van der Waals surface area contributed by atoms with Gasteiger partial charge >= 0.3 is 0 Å². The van der Waals surface area contributed by atoms with Gasteiger partial charge in [-0.15, -0.1) is 0 Å². The van der Waals surface area contributed by atoms with E-state index in [2.05, 4.69) is 28.9 Å². The van der Waals surface area contributed by atoms with Crippen molar-refractivity contribution in [3.8, 4) is 17.2 Å².